The lowest BCUT2D eigenvalue weighted by Crippen LogP contribution is -2.36. The van der Waals surface area contributed by atoms with Crippen molar-refractivity contribution in [3.8, 4) is 0 Å². The molecule has 0 radical (unpaired) electrons. The maximum atomic E-state index is 12.8. The van der Waals surface area contributed by atoms with Crippen LogP contribution in [0.15, 0.2) is 82.8 Å². The predicted octanol–water partition coefficient (Wildman–Crippen LogP) is 4.22. The molecule has 3 aromatic carbocycles. The van der Waals surface area contributed by atoms with Crippen molar-refractivity contribution in [2.45, 2.75) is 38.1 Å². The monoisotopic (exact) mass is 490 g/mol. The van der Waals surface area contributed by atoms with Crippen molar-refractivity contribution >= 4 is 38.9 Å². The fourth-order valence-corrected chi connectivity index (χ4v) is 4.94. The molecule has 0 aromatic heterocycles. The number of rotatable bonds is 7. The van der Waals surface area contributed by atoms with E-state index in [9.17, 15) is 18.0 Å². The van der Waals surface area contributed by atoms with Crippen LogP contribution in [0.3, 0.4) is 0 Å². The van der Waals surface area contributed by atoms with E-state index in [-0.39, 0.29) is 35.9 Å². The molecule has 2 amide bonds. The topological polar surface area (TPSA) is 108 Å². The molecule has 0 bridgehead atoms. The van der Waals surface area contributed by atoms with Crippen LogP contribution in [0.4, 0.5) is 11.4 Å². The van der Waals surface area contributed by atoms with Gasteiger partial charge in [-0.05, 0) is 54.8 Å². The minimum atomic E-state index is -3.80. The molecule has 1 aliphatic rings. The molecule has 9 heteroatoms. The predicted molar refractivity (Wildman–Crippen MR) is 135 cm³/mol. The normalized spacial score (nSPS) is 13.8. The minimum absolute atomic E-state index is 0.0767. The Kier molecular flexibility index (Phi) is 6.97. The Morgan fingerprint density at radius 2 is 1.57 bits per heavy atom. The molecule has 3 aromatic rings. The first kappa shape index (κ1) is 24.2. The zero-order valence-corrected chi connectivity index (χ0v) is 20.3. The highest BCUT2D eigenvalue weighted by molar-refractivity contribution is 7.92. The number of carbonyl (C=O) groups is 2. The molecule has 0 unspecified atom stereocenters. The number of hydrazone groups is 1. The number of nitrogens with one attached hydrogen (secondary N) is 2. The molecule has 0 saturated heterocycles. The van der Waals surface area contributed by atoms with E-state index in [4.69, 9.17) is 0 Å². The van der Waals surface area contributed by atoms with Crippen molar-refractivity contribution in [3.63, 3.8) is 0 Å². The molecule has 35 heavy (non-hydrogen) atoms. The molecule has 8 nitrogen and oxygen atoms in total. The van der Waals surface area contributed by atoms with Crippen molar-refractivity contribution in [1.82, 2.24) is 5.01 Å². The smallest absolute Gasteiger partial charge is 0.271 e. The summed E-state index contributed by atoms with van der Waals surface area (Å²) in [6.07, 6.45) is 0.433. The van der Waals surface area contributed by atoms with Gasteiger partial charge in [0.2, 0.25) is 5.91 Å². The number of aryl methyl sites for hydroxylation is 2. The first-order valence-corrected chi connectivity index (χ1v) is 12.6. The largest absolute Gasteiger partial charge is 0.321 e. The summed E-state index contributed by atoms with van der Waals surface area (Å²) >= 11 is 0. The zero-order chi connectivity index (χ0) is 25.0. The third kappa shape index (κ3) is 5.75. The number of nitrogens with zero attached hydrogens (tertiary/aromatic N) is 2. The van der Waals surface area contributed by atoms with E-state index >= 15 is 0 Å². The Morgan fingerprint density at radius 3 is 2.23 bits per heavy atom. The lowest BCUT2D eigenvalue weighted by molar-refractivity contribution is -0.132. The van der Waals surface area contributed by atoms with Crippen LogP contribution in [0.5, 0.6) is 0 Å². The number of para-hydroxylation sites is 1. The average Bonchev–Trinajstić information content (AvgIpc) is 2.84. The van der Waals surface area contributed by atoms with E-state index in [1.807, 2.05) is 62.4 Å². The van der Waals surface area contributed by atoms with Crippen LogP contribution in [0.2, 0.25) is 0 Å². The molecule has 4 rings (SSSR count). The molecule has 1 aliphatic heterocycles. The summed E-state index contributed by atoms with van der Waals surface area (Å²) in [5.74, 6) is -0.573. The average molecular weight is 491 g/mol. The Labute approximate surface area is 204 Å². The summed E-state index contributed by atoms with van der Waals surface area (Å²) in [6.45, 7) is 3.97. The molecule has 0 atom stereocenters. The Hall–Kier alpha value is -3.98. The lowest BCUT2D eigenvalue weighted by Gasteiger charge is -2.23. The number of carbonyl (C=O) groups excluding carboxylic acids is 2. The quantitative estimate of drug-likeness (QED) is 0.517. The highest BCUT2D eigenvalue weighted by atomic mass is 32.2. The van der Waals surface area contributed by atoms with Crippen molar-refractivity contribution in [3.05, 3.63) is 89.5 Å². The minimum Gasteiger partial charge on any atom is -0.321 e. The number of amides is 2. The van der Waals surface area contributed by atoms with Crippen molar-refractivity contribution in [2.75, 3.05) is 10.0 Å². The zero-order valence-electron chi connectivity index (χ0n) is 19.5. The van der Waals surface area contributed by atoms with Gasteiger partial charge in [0.05, 0.1) is 17.1 Å². The Bertz CT molecular complexity index is 1360. The fraction of sp³-hybridized carbons (Fsp3) is 0.192. The summed E-state index contributed by atoms with van der Waals surface area (Å²) in [4.78, 5) is 25.1. The molecule has 2 N–H and O–H groups in total. The van der Waals surface area contributed by atoms with Gasteiger partial charge < -0.3 is 5.32 Å². The third-order valence-electron chi connectivity index (χ3n) is 5.68. The van der Waals surface area contributed by atoms with E-state index in [0.717, 1.165) is 16.7 Å². The first-order valence-electron chi connectivity index (χ1n) is 11.1. The van der Waals surface area contributed by atoms with E-state index in [0.29, 0.717) is 11.4 Å². The number of hydrogen-bond donors (Lipinski definition) is 2. The van der Waals surface area contributed by atoms with Gasteiger partial charge in [0, 0.05) is 18.5 Å². The second kappa shape index (κ2) is 10.1. The molecule has 1 heterocycles. The maximum absolute atomic E-state index is 12.8. The standard InChI is InChI=1S/C26H26N4O4S/c1-18-7-6-8-19(2)25(18)29-35(33,34)22-13-11-21(12-14-22)27-26(32)23-15-16-24(31)30(28-23)17-20-9-4-3-5-10-20/h3-14,29H,15-17H2,1-2H3,(H,27,32). The van der Waals surface area contributed by atoms with Crippen molar-refractivity contribution in [2.24, 2.45) is 5.10 Å². The van der Waals surface area contributed by atoms with Crippen LogP contribution in [0.1, 0.15) is 29.5 Å². The van der Waals surface area contributed by atoms with Gasteiger partial charge in [-0.1, -0.05) is 48.5 Å². The summed E-state index contributed by atoms with van der Waals surface area (Å²) in [5.41, 5.74) is 3.78. The van der Waals surface area contributed by atoms with Crippen molar-refractivity contribution < 1.29 is 18.0 Å². The van der Waals surface area contributed by atoms with Gasteiger partial charge in [-0.2, -0.15) is 5.10 Å². The highest BCUT2D eigenvalue weighted by Gasteiger charge is 2.25. The SMILES string of the molecule is Cc1cccc(C)c1NS(=O)(=O)c1ccc(NC(=O)C2=NN(Cc3ccccc3)C(=O)CC2)cc1. The Morgan fingerprint density at radius 1 is 0.914 bits per heavy atom. The van der Waals surface area contributed by atoms with Crippen LogP contribution < -0.4 is 10.0 Å². The second-order valence-corrected chi connectivity index (χ2v) is 10.0. The molecular formula is C26H26N4O4S. The van der Waals surface area contributed by atoms with Crippen molar-refractivity contribution in [1.29, 1.82) is 0 Å². The van der Waals surface area contributed by atoms with Gasteiger partial charge in [0.25, 0.3) is 15.9 Å². The number of hydrogen-bond acceptors (Lipinski definition) is 5. The number of benzene rings is 3. The van der Waals surface area contributed by atoms with E-state index in [2.05, 4.69) is 15.1 Å². The Balaban J connectivity index is 1.45. The first-order chi connectivity index (χ1) is 16.7. The number of sulfonamides is 1. The summed E-state index contributed by atoms with van der Waals surface area (Å²) < 4.78 is 28.3. The van der Waals surface area contributed by atoms with Crippen LogP contribution in [-0.4, -0.2) is 31.0 Å². The van der Waals surface area contributed by atoms with Gasteiger partial charge >= 0.3 is 0 Å². The van der Waals surface area contributed by atoms with Crippen LogP contribution in [0.25, 0.3) is 0 Å². The van der Waals surface area contributed by atoms with Gasteiger partial charge in [-0.3, -0.25) is 14.3 Å². The van der Waals surface area contributed by atoms with Gasteiger partial charge in [-0.25, -0.2) is 13.4 Å². The van der Waals surface area contributed by atoms with E-state index in [1.54, 1.807) is 0 Å². The maximum Gasteiger partial charge on any atom is 0.271 e. The van der Waals surface area contributed by atoms with Gasteiger partial charge in [0.1, 0.15) is 5.71 Å². The fourth-order valence-electron chi connectivity index (χ4n) is 3.73. The molecule has 0 fully saturated rings. The summed E-state index contributed by atoms with van der Waals surface area (Å²) in [7, 11) is -3.80. The van der Waals surface area contributed by atoms with Crippen LogP contribution in [0, 0.1) is 13.8 Å². The molecule has 0 saturated carbocycles. The van der Waals surface area contributed by atoms with Crippen LogP contribution in [-0.2, 0) is 26.2 Å². The molecule has 0 spiro atoms. The molecular weight excluding hydrogens is 464 g/mol. The molecule has 0 aliphatic carbocycles. The lowest BCUT2D eigenvalue weighted by atomic mass is 10.1. The third-order valence-corrected chi connectivity index (χ3v) is 7.05. The van der Waals surface area contributed by atoms with Gasteiger partial charge in [-0.15, -0.1) is 0 Å². The van der Waals surface area contributed by atoms with Crippen LogP contribution >= 0.6 is 0 Å². The summed E-state index contributed by atoms with van der Waals surface area (Å²) in [6, 6.07) is 20.9. The summed E-state index contributed by atoms with van der Waals surface area (Å²) in [5, 5.41) is 8.30. The number of anilines is 2. The molecule has 180 valence electrons. The second-order valence-electron chi connectivity index (χ2n) is 8.33. The van der Waals surface area contributed by atoms with Gasteiger partial charge in [0.15, 0.2) is 0 Å². The van der Waals surface area contributed by atoms with E-state index < -0.39 is 15.9 Å². The van der Waals surface area contributed by atoms with E-state index in [1.165, 1.54) is 29.3 Å². The highest BCUT2D eigenvalue weighted by Crippen LogP contribution is 2.24.